The van der Waals surface area contributed by atoms with Gasteiger partial charge in [-0.3, -0.25) is 9.79 Å². The smallest absolute Gasteiger partial charge is 0.264 e. The van der Waals surface area contributed by atoms with Crippen molar-refractivity contribution in [3.05, 3.63) is 88.3 Å². The first-order valence-corrected chi connectivity index (χ1v) is 9.29. The van der Waals surface area contributed by atoms with Crippen LogP contribution in [0.1, 0.15) is 16.7 Å². The number of amidine groups is 1. The molecule has 3 aromatic rings. The van der Waals surface area contributed by atoms with Gasteiger partial charge in [0.2, 0.25) is 0 Å². The average molecular weight is 358 g/mol. The maximum atomic E-state index is 12.3. The molecular weight excluding hydrogens is 340 g/mol. The van der Waals surface area contributed by atoms with Crippen molar-refractivity contribution in [2.75, 3.05) is 0 Å². The molecule has 1 aliphatic rings. The van der Waals surface area contributed by atoms with Crippen LogP contribution in [0.15, 0.2) is 76.6 Å². The van der Waals surface area contributed by atoms with Crippen LogP contribution >= 0.6 is 11.8 Å². The maximum Gasteiger partial charge on any atom is 0.264 e. The number of nitrogens with zero attached hydrogens (tertiary/aromatic N) is 1. The molecule has 1 heterocycles. The third-order valence-electron chi connectivity index (χ3n) is 4.29. The molecule has 0 unspecified atom stereocenters. The molecule has 1 aliphatic heterocycles. The van der Waals surface area contributed by atoms with Gasteiger partial charge in [-0.2, -0.15) is 0 Å². The summed E-state index contributed by atoms with van der Waals surface area (Å²) in [5.41, 5.74) is 3.40. The Hall–Kier alpha value is -2.85. The Morgan fingerprint density at radius 3 is 2.62 bits per heavy atom. The van der Waals surface area contributed by atoms with Gasteiger partial charge < -0.3 is 5.32 Å². The quantitative estimate of drug-likeness (QED) is 0.676. The van der Waals surface area contributed by atoms with E-state index in [1.54, 1.807) is 0 Å². The van der Waals surface area contributed by atoms with Crippen molar-refractivity contribution in [3.63, 3.8) is 0 Å². The van der Waals surface area contributed by atoms with Crippen LogP contribution in [-0.2, 0) is 11.3 Å². The van der Waals surface area contributed by atoms with Crippen LogP contribution in [0.4, 0.5) is 0 Å². The molecule has 0 atom stereocenters. The molecule has 1 N–H and O–H groups in total. The van der Waals surface area contributed by atoms with Gasteiger partial charge in [-0.15, -0.1) is 0 Å². The first kappa shape index (κ1) is 16.6. The predicted octanol–water partition coefficient (Wildman–Crippen LogP) is 4.91. The van der Waals surface area contributed by atoms with Gasteiger partial charge in [0.05, 0.1) is 11.4 Å². The van der Waals surface area contributed by atoms with Crippen molar-refractivity contribution in [1.82, 2.24) is 5.32 Å². The monoisotopic (exact) mass is 358 g/mol. The summed E-state index contributed by atoms with van der Waals surface area (Å²) in [5, 5.41) is 5.82. The number of rotatable bonds is 3. The number of benzene rings is 3. The minimum Gasteiger partial charge on any atom is -0.301 e. The third-order valence-corrected chi connectivity index (χ3v) is 5.23. The second-order valence-electron chi connectivity index (χ2n) is 6.24. The molecule has 0 bridgehead atoms. The largest absolute Gasteiger partial charge is 0.301 e. The molecule has 4 heteroatoms. The van der Waals surface area contributed by atoms with E-state index in [-0.39, 0.29) is 5.91 Å². The van der Waals surface area contributed by atoms with Crippen molar-refractivity contribution in [1.29, 1.82) is 0 Å². The summed E-state index contributed by atoms with van der Waals surface area (Å²) in [6.07, 6.45) is 1.94. The molecule has 0 radical (unpaired) electrons. The minimum atomic E-state index is -0.0920. The Bertz CT molecular complexity index is 1030. The highest BCUT2D eigenvalue weighted by Crippen LogP contribution is 2.29. The fourth-order valence-electron chi connectivity index (χ4n) is 2.88. The normalized spacial score (nSPS) is 17.2. The average Bonchev–Trinajstić information content (AvgIpc) is 3.01. The van der Waals surface area contributed by atoms with E-state index in [2.05, 4.69) is 59.7 Å². The number of aryl methyl sites for hydroxylation is 1. The molecule has 26 heavy (non-hydrogen) atoms. The van der Waals surface area contributed by atoms with Gasteiger partial charge in [-0.1, -0.05) is 72.3 Å². The van der Waals surface area contributed by atoms with Crippen LogP contribution in [0.5, 0.6) is 0 Å². The molecule has 0 aliphatic carbocycles. The second-order valence-corrected chi connectivity index (χ2v) is 7.27. The van der Waals surface area contributed by atoms with Crippen LogP contribution in [0.2, 0.25) is 0 Å². The zero-order chi connectivity index (χ0) is 17.9. The number of amides is 1. The summed E-state index contributed by atoms with van der Waals surface area (Å²) in [4.78, 5) is 17.5. The van der Waals surface area contributed by atoms with E-state index in [0.717, 1.165) is 16.5 Å². The van der Waals surface area contributed by atoms with E-state index in [1.807, 2.05) is 30.3 Å². The molecule has 3 nitrogen and oxygen atoms in total. The predicted molar refractivity (Wildman–Crippen MR) is 110 cm³/mol. The van der Waals surface area contributed by atoms with Crippen LogP contribution in [0.25, 0.3) is 16.8 Å². The van der Waals surface area contributed by atoms with Crippen LogP contribution < -0.4 is 5.32 Å². The number of fused-ring (bicyclic) bond motifs is 1. The summed E-state index contributed by atoms with van der Waals surface area (Å²) in [6, 6.07) is 22.6. The zero-order valence-electron chi connectivity index (χ0n) is 14.4. The molecule has 0 aromatic heterocycles. The van der Waals surface area contributed by atoms with E-state index in [9.17, 15) is 4.79 Å². The van der Waals surface area contributed by atoms with E-state index >= 15 is 0 Å². The lowest BCUT2D eigenvalue weighted by Crippen LogP contribution is -2.19. The molecule has 3 aromatic carbocycles. The van der Waals surface area contributed by atoms with Gasteiger partial charge in [0, 0.05) is 0 Å². The van der Waals surface area contributed by atoms with Gasteiger partial charge in [-0.05, 0) is 46.7 Å². The summed E-state index contributed by atoms with van der Waals surface area (Å²) in [6.45, 7) is 2.62. The Labute approximate surface area is 156 Å². The zero-order valence-corrected chi connectivity index (χ0v) is 15.2. The lowest BCUT2D eigenvalue weighted by molar-refractivity contribution is -0.115. The number of nitrogens with one attached hydrogen (secondary N) is 1. The molecule has 1 amide bonds. The van der Waals surface area contributed by atoms with Crippen molar-refractivity contribution in [2.24, 2.45) is 4.99 Å². The lowest BCUT2D eigenvalue weighted by Gasteiger charge is -2.02. The first-order chi connectivity index (χ1) is 12.7. The second kappa shape index (κ2) is 7.18. The molecule has 1 saturated heterocycles. The van der Waals surface area contributed by atoms with Gasteiger partial charge in [-0.25, -0.2) is 0 Å². The number of aliphatic imine (C=N–C) groups is 1. The Morgan fingerprint density at radius 2 is 1.77 bits per heavy atom. The SMILES string of the molecule is Cc1ccc(CN=C2NC(=O)/C(=C/c3cccc4ccccc34)S2)cc1. The van der Waals surface area contributed by atoms with Crippen molar-refractivity contribution < 1.29 is 4.79 Å². The van der Waals surface area contributed by atoms with Crippen molar-refractivity contribution in [3.8, 4) is 0 Å². The summed E-state index contributed by atoms with van der Waals surface area (Å²) in [5.74, 6) is -0.0920. The molecule has 0 spiro atoms. The highest BCUT2D eigenvalue weighted by atomic mass is 32.2. The summed E-state index contributed by atoms with van der Waals surface area (Å²) < 4.78 is 0. The summed E-state index contributed by atoms with van der Waals surface area (Å²) >= 11 is 1.40. The minimum absolute atomic E-state index is 0.0920. The van der Waals surface area contributed by atoms with Gasteiger partial charge in [0.15, 0.2) is 5.17 Å². The Kier molecular flexibility index (Phi) is 4.59. The highest BCUT2D eigenvalue weighted by molar-refractivity contribution is 8.18. The van der Waals surface area contributed by atoms with Crippen molar-refractivity contribution in [2.45, 2.75) is 13.5 Å². The molecular formula is C22H18N2OS. The third kappa shape index (κ3) is 3.55. The lowest BCUT2D eigenvalue weighted by atomic mass is 10.0. The number of hydrogen-bond acceptors (Lipinski definition) is 3. The van der Waals surface area contributed by atoms with Gasteiger partial charge >= 0.3 is 0 Å². The summed E-state index contributed by atoms with van der Waals surface area (Å²) in [7, 11) is 0. The molecule has 128 valence electrons. The van der Waals surface area contributed by atoms with E-state index in [1.165, 1.54) is 22.7 Å². The standard InChI is InChI=1S/C22H18N2OS/c1-15-9-11-16(12-10-15)14-23-22-24-21(25)20(26-22)13-18-7-4-6-17-5-2-3-8-19(17)18/h2-13H,14H2,1H3,(H,23,24,25)/b20-13-. The van der Waals surface area contributed by atoms with E-state index in [4.69, 9.17) is 0 Å². The number of carbonyl (C=O) groups excluding carboxylic acids is 1. The fourth-order valence-corrected chi connectivity index (χ4v) is 3.69. The molecule has 1 fully saturated rings. The Morgan fingerprint density at radius 1 is 1.00 bits per heavy atom. The van der Waals surface area contributed by atoms with Crippen LogP contribution in [-0.4, -0.2) is 11.1 Å². The molecule has 0 saturated carbocycles. The highest BCUT2D eigenvalue weighted by Gasteiger charge is 2.23. The number of thioether (sulfide) groups is 1. The Balaban J connectivity index is 1.56. The number of carbonyl (C=O) groups is 1. The maximum absolute atomic E-state index is 12.3. The van der Waals surface area contributed by atoms with E-state index in [0.29, 0.717) is 16.6 Å². The molecule has 4 rings (SSSR count). The topological polar surface area (TPSA) is 41.5 Å². The van der Waals surface area contributed by atoms with E-state index < -0.39 is 0 Å². The van der Waals surface area contributed by atoms with Crippen LogP contribution in [0.3, 0.4) is 0 Å². The van der Waals surface area contributed by atoms with Crippen LogP contribution in [0, 0.1) is 6.92 Å². The van der Waals surface area contributed by atoms with Gasteiger partial charge in [0.25, 0.3) is 5.91 Å². The fraction of sp³-hybridized carbons (Fsp3) is 0.0909. The number of hydrogen-bond donors (Lipinski definition) is 1. The van der Waals surface area contributed by atoms with Gasteiger partial charge in [0.1, 0.15) is 0 Å². The van der Waals surface area contributed by atoms with Crippen molar-refractivity contribution >= 4 is 39.7 Å². The first-order valence-electron chi connectivity index (χ1n) is 8.48.